The predicted molar refractivity (Wildman–Crippen MR) is 60.9 cm³/mol. The number of aromatic nitrogens is 2. The summed E-state index contributed by atoms with van der Waals surface area (Å²) in [6.07, 6.45) is 0. The van der Waals surface area contributed by atoms with E-state index in [1.54, 1.807) is 11.8 Å². The number of anilines is 1. The first-order valence-electron chi connectivity index (χ1n) is 4.82. The molecule has 1 saturated heterocycles. The van der Waals surface area contributed by atoms with Crippen LogP contribution in [0.2, 0.25) is 0 Å². The molecule has 0 aliphatic carbocycles. The van der Waals surface area contributed by atoms with Crippen molar-refractivity contribution < 1.29 is 4.79 Å². The quantitative estimate of drug-likeness (QED) is 0.691. The van der Waals surface area contributed by atoms with Gasteiger partial charge in [0.05, 0.1) is 6.04 Å². The minimum Gasteiger partial charge on any atom is -0.308 e. The highest BCUT2D eigenvalue weighted by molar-refractivity contribution is 7.99. The average Bonchev–Trinajstić information content (AvgIpc) is 2.83. The third-order valence-electron chi connectivity index (χ3n) is 2.53. The van der Waals surface area contributed by atoms with Gasteiger partial charge < -0.3 is 5.32 Å². The number of hydrogen-bond donors (Lipinski definition) is 3. The van der Waals surface area contributed by atoms with Gasteiger partial charge in [0.25, 0.3) is 0 Å². The zero-order chi connectivity index (χ0) is 10.8. The standard InChI is InChI=1S/C9H14N4OS/c1-5-6(2)12-13-8(5)11-9(14)7-3-15-4-10-7/h7,10H,3-4H2,1-2H3,(H2,11,12,13,14). The summed E-state index contributed by atoms with van der Waals surface area (Å²) in [5, 5.41) is 12.8. The molecule has 0 bridgehead atoms. The molecule has 0 radical (unpaired) electrons. The molecule has 0 saturated carbocycles. The molecule has 1 atom stereocenters. The molecule has 1 aliphatic rings. The number of aryl methyl sites for hydroxylation is 1. The van der Waals surface area contributed by atoms with Crippen molar-refractivity contribution in [3.63, 3.8) is 0 Å². The Morgan fingerprint density at radius 1 is 1.60 bits per heavy atom. The number of thioether (sulfide) groups is 1. The van der Waals surface area contributed by atoms with E-state index in [2.05, 4.69) is 20.8 Å². The molecule has 1 aromatic heterocycles. The Morgan fingerprint density at radius 3 is 2.93 bits per heavy atom. The lowest BCUT2D eigenvalue weighted by Gasteiger charge is -2.08. The molecule has 3 N–H and O–H groups in total. The van der Waals surface area contributed by atoms with Gasteiger partial charge in [0.2, 0.25) is 5.91 Å². The first kappa shape index (κ1) is 10.5. The van der Waals surface area contributed by atoms with Gasteiger partial charge in [0, 0.05) is 22.9 Å². The number of aromatic amines is 1. The van der Waals surface area contributed by atoms with Crippen LogP contribution in [0.3, 0.4) is 0 Å². The van der Waals surface area contributed by atoms with Gasteiger partial charge in [0.15, 0.2) is 5.82 Å². The van der Waals surface area contributed by atoms with Crippen molar-refractivity contribution in [2.45, 2.75) is 19.9 Å². The molecule has 1 aromatic rings. The Hall–Kier alpha value is -1.01. The molecule has 1 aliphatic heterocycles. The number of nitrogens with one attached hydrogen (secondary N) is 3. The van der Waals surface area contributed by atoms with Crippen molar-refractivity contribution in [2.24, 2.45) is 0 Å². The van der Waals surface area contributed by atoms with E-state index in [9.17, 15) is 4.79 Å². The summed E-state index contributed by atoms with van der Waals surface area (Å²) in [5.41, 5.74) is 1.98. The second-order valence-corrected chi connectivity index (χ2v) is 4.61. The highest BCUT2D eigenvalue weighted by Crippen LogP contribution is 2.16. The topological polar surface area (TPSA) is 69.8 Å². The summed E-state index contributed by atoms with van der Waals surface area (Å²) < 4.78 is 0. The van der Waals surface area contributed by atoms with Crippen LogP contribution in [0.25, 0.3) is 0 Å². The van der Waals surface area contributed by atoms with E-state index >= 15 is 0 Å². The maximum Gasteiger partial charge on any atom is 0.243 e. The van der Waals surface area contributed by atoms with Crippen LogP contribution in [0.1, 0.15) is 11.3 Å². The minimum atomic E-state index is -0.0913. The lowest BCUT2D eigenvalue weighted by Crippen LogP contribution is -2.37. The number of carbonyl (C=O) groups is 1. The Morgan fingerprint density at radius 2 is 2.40 bits per heavy atom. The molecule has 1 amide bonds. The molecular weight excluding hydrogens is 212 g/mol. The fourth-order valence-electron chi connectivity index (χ4n) is 1.37. The number of amides is 1. The minimum absolute atomic E-state index is 0.00500. The maximum absolute atomic E-state index is 11.7. The Bertz CT molecular complexity index is 370. The highest BCUT2D eigenvalue weighted by atomic mass is 32.2. The van der Waals surface area contributed by atoms with Gasteiger partial charge >= 0.3 is 0 Å². The average molecular weight is 226 g/mol. The fraction of sp³-hybridized carbons (Fsp3) is 0.556. The van der Waals surface area contributed by atoms with E-state index in [1.165, 1.54) is 0 Å². The van der Waals surface area contributed by atoms with Crippen LogP contribution < -0.4 is 10.6 Å². The number of H-pyrrole nitrogens is 1. The molecule has 1 unspecified atom stereocenters. The molecular formula is C9H14N4OS. The summed E-state index contributed by atoms with van der Waals surface area (Å²) in [6.45, 7) is 3.87. The molecule has 2 rings (SSSR count). The van der Waals surface area contributed by atoms with Crippen LogP contribution in [-0.2, 0) is 4.79 Å². The zero-order valence-corrected chi connectivity index (χ0v) is 9.57. The molecule has 15 heavy (non-hydrogen) atoms. The van der Waals surface area contributed by atoms with Crippen molar-refractivity contribution in [1.82, 2.24) is 15.5 Å². The van der Waals surface area contributed by atoms with Gasteiger partial charge in [0.1, 0.15) is 0 Å². The fourth-order valence-corrected chi connectivity index (χ4v) is 2.32. The van der Waals surface area contributed by atoms with E-state index < -0.39 is 0 Å². The second-order valence-electron chi connectivity index (χ2n) is 3.58. The van der Waals surface area contributed by atoms with Gasteiger partial charge in [-0.2, -0.15) is 5.10 Å². The van der Waals surface area contributed by atoms with Crippen LogP contribution in [-0.4, -0.2) is 33.8 Å². The third kappa shape index (κ3) is 2.15. The number of nitrogens with zero attached hydrogens (tertiary/aromatic N) is 1. The van der Waals surface area contributed by atoms with Crippen LogP contribution >= 0.6 is 11.8 Å². The zero-order valence-electron chi connectivity index (χ0n) is 8.76. The van der Waals surface area contributed by atoms with Gasteiger partial charge in [-0.3, -0.25) is 15.2 Å². The van der Waals surface area contributed by atoms with Gasteiger partial charge in [-0.05, 0) is 13.8 Å². The summed E-state index contributed by atoms with van der Waals surface area (Å²) >= 11 is 1.73. The van der Waals surface area contributed by atoms with E-state index in [0.29, 0.717) is 5.82 Å². The molecule has 5 nitrogen and oxygen atoms in total. The Kier molecular flexibility index (Phi) is 2.97. The molecule has 0 spiro atoms. The predicted octanol–water partition coefficient (Wildman–Crippen LogP) is 0.628. The Balaban J connectivity index is 2.02. The second kappa shape index (κ2) is 4.24. The Labute approximate surface area is 92.4 Å². The van der Waals surface area contributed by atoms with Crippen molar-refractivity contribution in [2.75, 3.05) is 16.9 Å². The molecule has 82 valence electrons. The lowest BCUT2D eigenvalue weighted by molar-refractivity contribution is -0.117. The van der Waals surface area contributed by atoms with Crippen LogP contribution in [0, 0.1) is 13.8 Å². The van der Waals surface area contributed by atoms with Crippen molar-refractivity contribution >= 4 is 23.5 Å². The van der Waals surface area contributed by atoms with Gasteiger partial charge in [-0.1, -0.05) is 0 Å². The number of hydrogen-bond acceptors (Lipinski definition) is 4. The maximum atomic E-state index is 11.7. The summed E-state index contributed by atoms with van der Waals surface area (Å²) in [5.74, 6) is 2.30. The number of rotatable bonds is 2. The van der Waals surface area contributed by atoms with Crippen molar-refractivity contribution in [3.05, 3.63) is 11.3 Å². The van der Waals surface area contributed by atoms with Gasteiger partial charge in [-0.15, -0.1) is 11.8 Å². The largest absolute Gasteiger partial charge is 0.308 e. The molecule has 6 heteroatoms. The first-order chi connectivity index (χ1) is 7.18. The smallest absolute Gasteiger partial charge is 0.243 e. The molecule has 1 fully saturated rings. The number of carbonyl (C=O) groups excluding carboxylic acids is 1. The summed E-state index contributed by atoms with van der Waals surface area (Å²) in [7, 11) is 0. The summed E-state index contributed by atoms with van der Waals surface area (Å²) in [6, 6.07) is -0.0913. The van der Waals surface area contributed by atoms with Gasteiger partial charge in [-0.25, -0.2) is 0 Å². The third-order valence-corrected chi connectivity index (χ3v) is 3.47. The molecule has 0 aromatic carbocycles. The first-order valence-corrected chi connectivity index (χ1v) is 5.97. The highest BCUT2D eigenvalue weighted by Gasteiger charge is 2.23. The molecule has 2 heterocycles. The monoisotopic (exact) mass is 226 g/mol. The van der Waals surface area contributed by atoms with E-state index in [-0.39, 0.29) is 11.9 Å². The van der Waals surface area contributed by atoms with E-state index in [4.69, 9.17) is 0 Å². The normalized spacial score (nSPS) is 20.5. The lowest BCUT2D eigenvalue weighted by atomic mass is 10.2. The SMILES string of the molecule is Cc1[nH]nc(NC(=O)C2CSCN2)c1C. The van der Waals surface area contributed by atoms with Crippen LogP contribution in [0.5, 0.6) is 0 Å². The van der Waals surface area contributed by atoms with Crippen molar-refractivity contribution in [3.8, 4) is 0 Å². The summed E-state index contributed by atoms with van der Waals surface area (Å²) in [4.78, 5) is 11.7. The van der Waals surface area contributed by atoms with E-state index in [0.717, 1.165) is 22.9 Å². The van der Waals surface area contributed by atoms with Crippen LogP contribution in [0.15, 0.2) is 0 Å². The van der Waals surface area contributed by atoms with Crippen LogP contribution in [0.4, 0.5) is 5.82 Å². The van der Waals surface area contributed by atoms with Crippen molar-refractivity contribution in [1.29, 1.82) is 0 Å². The van der Waals surface area contributed by atoms with E-state index in [1.807, 2.05) is 13.8 Å².